The smallest absolute Gasteiger partial charge is 0.348 e. The molecule has 1 aromatic heterocycles. The van der Waals surface area contributed by atoms with Crippen LogP contribution in [0.2, 0.25) is 5.02 Å². The summed E-state index contributed by atoms with van der Waals surface area (Å²) in [6.45, 7) is 5.23. The standard InChI is InChI=1S/C18H20ClNO2S/c1-2-22-18(21)17-11-14-7-9-20(10-8-16(14)23-17)12-13-3-5-15(19)6-4-13/h3-6,11H,2,7-10,12H2,1H3. The average Bonchev–Trinajstić information content (AvgIpc) is 2.87. The number of rotatable bonds is 4. The van der Waals surface area contributed by atoms with E-state index >= 15 is 0 Å². The van der Waals surface area contributed by atoms with Gasteiger partial charge in [-0.15, -0.1) is 11.3 Å². The van der Waals surface area contributed by atoms with Crippen LogP contribution in [0.5, 0.6) is 0 Å². The summed E-state index contributed by atoms with van der Waals surface area (Å²) in [6, 6.07) is 10.1. The van der Waals surface area contributed by atoms with Crippen molar-refractivity contribution in [3.63, 3.8) is 0 Å². The van der Waals surface area contributed by atoms with Crippen LogP contribution in [-0.4, -0.2) is 30.6 Å². The molecule has 122 valence electrons. The molecule has 1 aromatic carbocycles. The lowest BCUT2D eigenvalue weighted by Crippen LogP contribution is -2.25. The topological polar surface area (TPSA) is 29.5 Å². The quantitative estimate of drug-likeness (QED) is 0.775. The maximum Gasteiger partial charge on any atom is 0.348 e. The molecule has 0 unspecified atom stereocenters. The van der Waals surface area contributed by atoms with Crippen molar-refractivity contribution in [3.05, 3.63) is 56.2 Å². The van der Waals surface area contributed by atoms with Gasteiger partial charge in [0.05, 0.1) is 6.61 Å². The average molecular weight is 350 g/mol. The Morgan fingerprint density at radius 1 is 1.26 bits per heavy atom. The molecule has 0 aliphatic carbocycles. The molecule has 0 radical (unpaired) electrons. The van der Waals surface area contributed by atoms with Crippen LogP contribution < -0.4 is 0 Å². The van der Waals surface area contributed by atoms with Gasteiger partial charge in [0, 0.05) is 29.5 Å². The molecule has 2 aromatic rings. The summed E-state index contributed by atoms with van der Waals surface area (Å²) in [4.78, 5) is 16.4. The molecule has 23 heavy (non-hydrogen) atoms. The molecule has 1 aliphatic rings. The molecular formula is C18H20ClNO2S. The summed E-state index contributed by atoms with van der Waals surface area (Å²) in [5, 5.41) is 0.776. The summed E-state index contributed by atoms with van der Waals surface area (Å²) >= 11 is 7.53. The molecule has 2 heterocycles. The van der Waals surface area contributed by atoms with Gasteiger partial charge in [-0.3, -0.25) is 4.90 Å². The van der Waals surface area contributed by atoms with Crippen molar-refractivity contribution >= 4 is 28.9 Å². The third kappa shape index (κ3) is 4.14. The first kappa shape index (κ1) is 16.5. The van der Waals surface area contributed by atoms with Gasteiger partial charge in [-0.2, -0.15) is 0 Å². The normalized spacial score (nSPS) is 15.0. The molecule has 0 amide bonds. The molecule has 0 fully saturated rings. The van der Waals surface area contributed by atoms with Crippen LogP contribution in [0.15, 0.2) is 30.3 Å². The van der Waals surface area contributed by atoms with E-state index in [9.17, 15) is 4.79 Å². The SMILES string of the molecule is CCOC(=O)c1cc2c(s1)CCN(Cc1ccc(Cl)cc1)CC2. The summed E-state index contributed by atoms with van der Waals surface area (Å²) in [6.07, 6.45) is 1.98. The molecule has 0 saturated heterocycles. The van der Waals surface area contributed by atoms with Crippen molar-refractivity contribution in [1.29, 1.82) is 0 Å². The van der Waals surface area contributed by atoms with Gasteiger partial charge in [-0.05, 0) is 49.1 Å². The second-order valence-corrected chi connectivity index (χ2v) is 7.26. The fraction of sp³-hybridized carbons (Fsp3) is 0.389. The van der Waals surface area contributed by atoms with Crippen LogP contribution in [0.3, 0.4) is 0 Å². The van der Waals surface area contributed by atoms with Gasteiger partial charge in [0.2, 0.25) is 0 Å². The lowest BCUT2D eigenvalue weighted by atomic mass is 10.1. The van der Waals surface area contributed by atoms with Crippen LogP contribution in [0, 0.1) is 0 Å². The number of benzene rings is 1. The number of nitrogens with zero attached hydrogens (tertiary/aromatic N) is 1. The van der Waals surface area contributed by atoms with Gasteiger partial charge in [0.25, 0.3) is 0 Å². The van der Waals surface area contributed by atoms with E-state index in [1.807, 2.05) is 25.1 Å². The molecule has 0 saturated carbocycles. The summed E-state index contributed by atoms with van der Waals surface area (Å²) in [5.41, 5.74) is 2.59. The molecule has 0 bridgehead atoms. The Labute approximate surface area is 145 Å². The molecule has 0 atom stereocenters. The Bertz CT molecular complexity index is 655. The lowest BCUT2D eigenvalue weighted by Gasteiger charge is -2.19. The Morgan fingerprint density at radius 2 is 2.00 bits per heavy atom. The van der Waals surface area contributed by atoms with Crippen LogP contribution in [0.1, 0.15) is 32.6 Å². The fourth-order valence-corrected chi connectivity index (χ4v) is 4.07. The van der Waals surface area contributed by atoms with Gasteiger partial charge in [-0.1, -0.05) is 23.7 Å². The first-order valence-corrected chi connectivity index (χ1v) is 9.10. The van der Waals surface area contributed by atoms with Gasteiger partial charge in [-0.25, -0.2) is 4.79 Å². The second-order valence-electron chi connectivity index (χ2n) is 5.68. The van der Waals surface area contributed by atoms with Crippen molar-refractivity contribution in [3.8, 4) is 0 Å². The van der Waals surface area contributed by atoms with Crippen molar-refractivity contribution in [1.82, 2.24) is 4.90 Å². The monoisotopic (exact) mass is 349 g/mol. The first-order valence-electron chi connectivity index (χ1n) is 7.91. The maximum absolute atomic E-state index is 11.8. The highest BCUT2D eigenvalue weighted by atomic mass is 35.5. The predicted octanol–water partition coefficient (Wildman–Crippen LogP) is 4.18. The van der Waals surface area contributed by atoms with E-state index in [2.05, 4.69) is 17.0 Å². The van der Waals surface area contributed by atoms with Crippen LogP contribution in [0.4, 0.5) is 0 Å². The third-order valence-electron chi connectivity index (χ3n) is 4.05. The molecule has 3 nitrogen and oxygen atoms in total. The second kappa shape index (κ2) is 7.47. The zero-order chi connectivity index (χ0) is 16.2. The van der Waals surface area contributed by atoms with Gasteiger partial charge < -0.3 is 4.74 Å². The van der Waals surface area contributed by atoms with E-state index in [4.69, 9.17) is 16.3 Å². The lowest BCUT2D eigenvalue weighted by molar-refractivity contribution is 0.0532. The van der Waals surface area contributed by atoms with E-state index in [0.29, 0.717) is 6.61 Å². The number of ether oxygens (including phenoxy) is 1. The Morgan fingerprint density at radius 3 is 2.74 bits per heavy atom. The summed E-state index contributed by atoms with van der Waals surface area (Å²) in [7, 11) is 0. The fourth-order valence-electron chi connectivity index (χ4n) is 2.85. The highest BCUT2D eigenvalue weighted by molar-refractivity contribution is 7.14. The minimum Gasteiger partial charge on any atom is -0.462 e. The number of thiophene rings is 1. The Kier molecular flexibility index (Phi) is 5.36. The van der Waals surface area contributed by atoms with E-state index in [0.717, 1.165) is 42.4 Å². The molecule has 3 rings (SSSR count). The number of halogens is 1. The molecule has 0 spiro atoms. The summed E-state index contributed by atoms with van der Waals surface area (Å²) < 4.78 is 5.10. The number of hydrogen-bond donors (Lipinski definition) is 0. The highest BCUT2D eigenvalue weighted by Crippen LogP contribution is 2.27. The highest BCUT2D eigenvalue weighted by Gasteiger charge is 2.20. The predicted molar refractivity (Wildman–Crippen MR) is 94.4 cm³/mol. The molecule has 1 aliphatic heterocycles. The number of hydrogen-bond acceptors (Lipinski definition) is 4. The van der Waals surface area contributed by atoms with E-state index in [1.54, 1.807) is 11.3 Å². The number of carbonyl (C=O) groups is 1. The van der Waals surface area contributed by atoms with E-state index in [-0.39, 0.29) is 5.97 Å². The van der Waals surface area contributed by atoms with Crippen LogP contribution in [0.25, 0.3) is 0 Å². The van der Waals surface area contributed by atoms with Crippen molar-refractivity contribution in [2.24, 2.45) is 0 Å². The number of carbonyl (C=O) groups excluding carboxylic acids is 1. The zero-order valence-electron chi connectivity index (χ0n) is 13.2. The number of fused-ring (bicyclic) bond motifs is 1. The Hall–Kier alpha value is -1.36. The van der Waals surface area contributed by atoms with Crippen molar-refractivity contribution in [2.45, 2.75) is 26.3 Å². The molecular weight excluding hydrogens is 330 g/mol. The zero-order valence-corrected chi connectivity index (χ0v) is 14.8. The first-order chi connectivity index (χ1) is 11.2. The van der Waals surface area contributed by atoms with Gasteiger partial charge in [0.15, 0.2) is 0 Å². The molecule has 5 heteroatoms. The minimum absolute atomic E-state index is 0.191. The van der Waals surface area contributed by atoms with Gasteiger partial charge in [0.1, 0.15) is 4.88 Å². The van der Waals surface area contributed by atoms with E-state index in [1.165, 1.54) is 16.0 Å². The summed E-state index contributed by atoms with van der Waals surface area (Å²) in [5.74, 6) is -0.191. The van der Waals surface area contributed by atoms with E-state index < -0.39 is 0 Å². The minimum atomic E-state index is -0.191. The van der Waals surface area contributed by atoms with Gasteiger partial charge >= 0.3 is 5.97 Å². The maximum atomic E-state index is 11.8. The van der Waals surface area contributed by atoms with Crippen molar-refractivity contribution < 1.29 is 9.53 Å². The molecule has 0 N–H and O–H groups in total. The van der Waals surface area contributed by atoms with Crippen LogP contribution >= 0.6 is 22.9 Å². The van der Waals surface area contributed by atoms with Crippen molar-refractivity contribution in [2.75, 3.05) is 19.7 Å². The number of esters is 1. The Balaban J connectivity index is 1.63. The third-order valence-corrected chi connectivity index (χ3v) is 5.51. The van der Waals surface area contributed by atoms with Crippen LogP contribution in [-0.2, 0) is 24.1 Å². The largest absolute Gasteiger partial charge is 0.462 e.